The van der Waals surface area contributed by atoms with E-state index in [0.29, 0.717) is 17.5 Å². The van der Waals surface area contributed by atoms with Crippen LogP contribution in [0.2, 0.25) is 5.02 Å². The molecule has 1 aromatic heterocycles. The Morgan fingerprint density at radius 1 is 1.25 bits per heavy atom. The molecule has 3 aromatic rings. The smallest absolute Gasteiger partial charge is 0.240 e. The average Bonchev–Trinajstić information content (AvgIpc) is 3.18. The molecule has 0 unspecified atom stereocenters. The summed E-state index contributed by atoms with van der Waals surface area (Å²) in [7, 11) is 0. The minimum absolute atomic E-state index is 0.0516. The molecule has 0 aliphatic carbocycles. The molecule has 1 amide bonds. The Kier molecular flexibility index (Phi) is 6.86. The number of carbonyl (C=O) groups is 1. The maximum absolute atomic E-state index is 13.5. The summed E-state index contributed by atoms with van der Waals surface area (Å²) in [6.07, 6.45) is 1.69. The van der Waals surface area contributed by atoms with E-state index in [1.807, 2.05) is 35.9 Å². The van der Waals surface area contributed by atoms with Crippen molar-refractivity contribution >= 4 is 35.0 Å². The third-order valence-electron chi connectivity index (χ3n) is 4.97. The molecule has 1 aliphatic rings. The van der Waals surface area contributed by atoms with Crippen molar-refractivity contribution in [2.45, 2.75) is 43.1 Å². The maximum Gasteiger partial charge on any atom is 0.240 e. The third kappa shape index (κ3) is 4.68. The van der Waals surface area contributed by atoms with Crippen LogP contribution in [0.25, 0.3) is 0 Å². The highest BCUT2D eigenvalue weighted by Gasteiger charge is 2.37. The SMILES string of the molecule is CCCc1nnc2n1N[C@H](c1ccc(OCC)cc1)[C@@H](C(=O)Nc1ccc(F)c(Cl)c1)S2. The molecular weight excluding hydrogens is 453 g/mol. The van der Waals surface area contributed by atoms with Gasteiger partial charge in [0.1, 0.15) is 16.8 Å². The van der Waals surface area contributed by atoms with Gasteiger partial charge < -0.3 is 15.5 Å². The number of hydrogen-bond acceptors (Lipinski definition) is 6. The van der Waals surface area contributed by atoms with Crippen LogP contribution in [0, 0.1) is 5.82 Å². The molecule has 7 nitrogen and oxygen atoms in total. The summed E-state index contributed by atoms with van der Waals surface area (Å²) in [6.45, 7) is 4.58. The third-order valence-corrected chi connectivity index (χ3v) is 6.48. The van der Waals surface area contributed by atoms with Crippen LogP contribution in [-0.2, 0) is 11.2 Å². The number of benzene rings is 2. The van der Waals surface area contributed by atoms with Gasteiger partial charge in [0.25, 0.3) is 0 Å². The average molecular weight is 476 g/mol. The van der Waals surface area contributed by atoms with Crippen LogP contribution in [0.4, 0.5) is 10.1 Å². The molecule has 32 heavy (non-hydrogen) atoms. The quantitative estimate of drug-likeness (QED) is 0.510. The molecule has 0 bridgehead atoms. The summed E-state index contributed by atoms with van der Waals surface area (Å²) in [6, 6.07) is 11.4. The van der Waals surface area contributed by atoms with Gasteiger partial charge in [-0.3, -0.25) is 4.79 Å². The van der Waals surface area contributed by atoms with E-state index in [-0.39, 0.29) is 17.0 Å². The molecule has 0 radical (unpaired) electrons. The Morgan fingerprint density at radius 3 is 2.72 bits per heavy atom. The van der Waals surface area contributed by atoms with Crippen molar-refractivity contribution in [3.05, 3.63) is 64.7 Å². The molecule has 0 saturated carbocycles. The second kappa shape index (κ2) is 9.79. The Labute approximate surface area is 194 Å². The summed E-state index contributed by atoms with van der Waals surface area (Å²) < 4.78 is 20.9. The minimum atomic E-state index is -0.553. The summed E-state index contributed by atoms with van der Waals surface area (Å²) >= 11 is 7.20. The molecule has 1 aliphatic heterocycles. The Morgan fingerprint density at radius 2 is 2.03 bits per heavy atom. The Balaban J connectivity index is 1.64. The van der Waals surface area contributed by atoms with E-state index in [1.165, 1.54) is 30.0 Å². The van der Waals surface area contributed by atoms with Gasteiger partial charge in [-0.05, 0) is 49.2 Å². The van der Waals surface area contributed by atoms with Crippen LogP contribution in [0.3, 0.4) is 0 Å². The van der Waals surface area contributed by atoms with Crippen LogP contribution in [-0.4, -0.2) is 32.6 Å². The highest BCUT2D eigenvalue weighted by Crippen LogP contribution is 2.38. The number of thioether (sulfide) groups is 1. The zero-order valence-electron chi connectivity index (χ0n) is 17.6. The fourth-order valence-electron chi connectivity index (χ4n) is 3.46. The molecule has 0 fully saturated rings. The van der Waals surface area contributed by atoms with E-state index in [2.05, 4.69) is 27.9 Å². The number of hydrogen-bond donors (Lipinski definition) is 2. The number of rotatable bonds is 7. The zero-order chi connectivity index (χ0) is 22.7. The normalized spacial score (nSPS) is 17.4. The van der Waals surface area contributed by atoms with E-state index in [0.717, 1.165) is 30.0 Å². The summed E-state index contributed by atoms with van der Waals surface area (Å²) in [5.74, 6) is 0.783. The highest BCUT2D eigenvalue weighted by molar-refractivity contribution is 8.00. The molecule has 2 N–H and O–H groups in total. The highest BCUT2D eigenvalue weighted by atomic mass is 35.5. The van der Waals surface area contributed by atoms with E-state index in [4.69, 9.17) is 16.3 Å². The second-order valence-corrected chi connectivity index (χ2v) is 8.77. The number of aromatic nitrogens is 3. The Hall–Kier alpha value is -2.78. The zero-order valence-corrected chi connectivity index (χ0v) is 19.2. The monoisotopic (exact) mass is 475 g/mol. The predicted octanol–water partition coefficient (Wildman–Crippen LogP) is 4.82. The summed E-state index contributed by atoms with van der Waals surface area (Å²) in [5, 5.41) is 11.4. The number of carbonyl (C=O) groups excluding carboxylic acids is 1. The topological polar surface area (TPSA) is 81.1 Å². The van der Waals surface area contributed by atoms with Crippen LogP contribution >= 0.6 is 23.4 Å². The molecule has 0 spiro atoms. The van der Waals surface area contributed by atoms with Gasteiger partial charge in [-0.15, -0.1) is 10.2 Å². The van der Waals surface area contributed by atoms with Crippen molar-refractivity contribution in [2.75, 3.05) is 17.3 Å². The number of anilines is 1. The number of nitrogens with one attached hydrogen (secondary N) is 2. The van der Waals surface area contributed by atoms with Crippen molar-refractivity contribution in [1.82, 2.24) is 14.9 Å². The van der Waals surface area contributed by atoms with Crippen molar-refractivity contribution in [3.63, 3.8) is 0 Å². The van der Waals surface area contributed by atoms with Gasteiger partial charge >= 0.3 is 0 Å². The fraction of sp³-hybridized carbons (Fsp3) is 0.318. The molecule has 168 valence electrons. The van der Waals surface area contributed by atoms with Gasteiger partial charge in [-0.2, -0.15) is 0 Å². The first-order valence-electron chi connectivity index (χ1n) is 10.4. The molecule has 10 heteroatoms. The lowest BCUT2D eigenvalue weighted by Gasteiger charge is -2.33. The molecule has 0 saturated heterocycles. The van der Waals surface area contributed by atoms with Crippen molar-refractivity contribution in [3.8, 4) is 5.75 Å². The summed E-state index contributed by atoms with van der Waals surface area (Å²) in [4.78, 5) is 13.3. The largest absolute Gasteiger partial charge is 0.494 e. The molecule has 2 aromatic carbocycles. The van der Waals surface area contributed by atoms with Crippen LogP contribution < -0.4 is 15.5 Å². The Bertz CT molecular complexity index is 1110. The lowest BCUT2D eigenvalue weighted by molar-refractivity contribution is -0.116. The maximum atomic E-state index is 13.5. The van der Waals surface area contributed by atoms with Crippen molar-refractivity contribution < 1.29 is 13.9 Å². The number of ether oxygens (including phenoxy) is 1. The van der Waals surface area contributed by atoms with Gasteiger partial charge in [-0.1, -0.05) is 42.4 Å². The molecular formula is C22H23ClFN5O2S. The first-order valence-corrected chi connectivity index (χ1v) is 11.6. The molecule has 4 rings (SSSR count). The van der Waals surface area contributed by atoms with Crippen LogP contribution in [0.5, 0.6) is 5.75 Å². The van der Waals surface area contributed by atoms with E-state index in [9.17, 15) is 9.18 Å². The van der Waals surface area contributed by atoms with Crippen LogP contribution in [0.1, 0.15) is 37.7 Å². The summed E-state index contributed by atoms with van der Waals surface area (Å²) in [5.41, 5.74) is 4.76. The van der Waals surface area contributed by atoms with Crippen molar-refractivity contribution in [2.24, 2.45) is 0 Å². The predicted molar refractivity (Wildman–Crippen MR) is 123 cm³/mol. The number of fused-ring (bicyclic) bond motifs is 1. The van der Waals surface area contributed by atoms with Gasteiger partial charge in [0, 0.05) is 12.1 Å². The van der Waals surface area contributed by atoms with Gasteiger partial charge in [0.05, 0.1) is 17.7 Å². The number of nitrogens with zero attached hydrogens (tertiary/aromatic N) is 3. The molecule has 2 heterocycles. The first kappa shape index (κ1) is 22.4. The van der Waals surface area contributed by atoms with Gasteiger partial charge in [0.2, 0.25) is 11.1 Å². The fourth-order valence-corrected chi connectivity index (χ4v) is 4.74. The lowest BCUT2D eigenvalue weighted by atomic mass is 10.0. The van der Waals surface area contributed by atoms with Crippen molar-refractivity contribution in [1.29, 1.82) is 0 Å². The first-order chi connectivity index (χ1) is 15.5. The molecule has 2 atom stereocenters. The standard InChI is InChI=1S/C22H23ClFN5O2S/c1-3-5-18-26-27-22-29(18)28-19(13-6-9-15(10-7-13)31-4-2)20(32-22)21(30)25-14-8-11-17(24)16(23)12-14/h6-12,19-20,28H,3-5H2,1-2H3,(H,25,30)/t19-,20+/m1/s1. The second-order valence-electron chi connectivity index (χ2n) is 7.25. The number of amides is 1. The van der Waals surface area contributed by atoms with Crippen LogP contribution in [0.15, 0.2) is 47.6 Å². The number of halogens is 2. The van der Waals surface area contributed by atoms with Gasteiger partial charge in [-0.25, -0.2) is 9.07 Å². The lowest BCUT2D eigenvalue weighted by Crippen LogP contribution is -2.41. The van der Waals surface area contributed by atoms with E-state index >= 15 is 0 Å². The van der Waals surface area contributed by atoms with Gasteiger partial charge in [0.15, 0.2) is 5.82 Å². The minimum Gasteiger partial charge on any atom is -0.494 e. The number of aryl methyl sites for hydroxylation is 1. The van der Waals surface area contributed by atoms with E-state index in [1.54, 1.807) is 0 Å². The van der Waals surface area contributed by atoms with E-state index < -0.39 is 11.1 Å².